The van der Waals surface area contributed by atoms with Crippen LogP contribution in [0.15, 0.2) is 18.2 Å². The Kier molecular flexibility index (Phi) is 5.68. The van der Waals surface area contributed by atoms with Gasteiger partial charge in [0, 0.05) is 37.2 Å². The molecule has 0 bridgehead atoms. The van der Waals surface area contributed by atoms with Gasteiger partial charge in [0.15, 0.2) is 0 Å². The second-order valence-electron chi connectivity index (χ2n) is 5.41. The quantitative estimate of drug-likeness (QED) is 0.883. The van der Waals surface area contributed by atoms with Gasteiger partial charge in [0.1, 0.15) is 0 Å². The highest BCUT2D eigenvalue weighted by Gasteiger charge is 2.24. The van der Waals surface area contributed by atoms with Crippen LogP contribution in [0.2, 0.25) is 5.02 Å². The van der Waals surface area contributed by atoms with Gasteiger partial charge in [-0.15, -0.1) is 0 Å². The fourth-order valence-corrected chi connectivity index (χ4v) is 3.32. The third kappa shape index (κ3) is 3.71. The van der Waals surface area contributed by atoms with E-state index >= 15 is 0 Å². The molecule has 1 aliphatic rings. The third-order valence-electron chi connectivity index (χ3n) is 4.03. The lowest BCUT2D eigenvalue weighted by Crippen LogP contribution is -2.45. The van der Waals surface area contributed by atoms with Crippen molar-refractivity contribution >= 4 is 11.6 Å². The van der Waals surface area contributed by atoms with Crippen LogP contribution in [-0.2, 0) is 0 Å². The molecule has 1 aromatic carbocycles. The van der Waals surface area contributed by atoms with Gasteiger partial charge in [-0.1, -0.05) is 43.5 Å². The van der Waals surface area contributed by atoms with Gasteiger partial charge in [0.2, 0.25) is 0 Å². The van der Waals surface area contributed by atoms with Gasteiger partial charge in [0.05, 0.1) is 0 Å². The summed E-state index contributed by atoms with van der Waals surface area (Å²) in [5.74, 6) is 0. The average molecular weight is 281 g/mol. The van der Waals surface area contributed by atoms with Gasteiger partial charge in [-0.3, -0.25) is 4.90 Å². The third-order valence-corrected chi connectivity index (χ3v) is 4.36. The van der Waals surface area contributed by atoms with Crippen molar-refractivity contribution in [3.63, 3.8) is 0 Å². The van der Waals surface area contributed by atoms with Crippen molar-refractivity contribution in [2.24, 2.45) is 0 Å². The molecule has 0 saturated carbocycles. The molecule has 0 aromatic heterocycles. The van der Waals surface area contributed by atoms with Gasteiger partial charge in [-0.2, -0.15) is 0 Å². The summed E-state index contributed by atoms with van der Waals surface area (Å²) in [4.78, 5) is 2.60. The number of nitrogens with one attached hydrogen (secondary N) is 1. The number of nitrogens with zero attached hydrogens (tertiary/aromatic N) is 1. The summed E-state index contributed by atoms with van der Waals surface area (Å²) in [6.45, 7) is 8.87. The van der Waals surface area contributed by atoms with E-state index in [2.05, 4.69) is 36.2 Å². The molecular weight excluding hydrogens is 256 g/mol. The number of rotatable bonds is 5. The van der Waals surface area contributed by atoms with Crippen molar-refractivity contribution < 1.29 is 0 Å². The molecule has 0 aliphatic carbocycles. The van der Waals surface area contributed by atoms with Gasteiger partial charge >= 0.3 is 0 Å². The first-order valence-corrected chi connectivity index (χ1v) is 7.81. The van der Waals surface area contributed by atoms with Crippen LogP contribution in [0.1, 0.15) is 43.4 Å². The predicted octanol–water partition coefficient (Wildman–Crippen LogP) is 3.78. The molecule has 1 aliphatic heterocycles. The Morgan fingerprint density at radius 2 is 2.05 bits per heavy atom. The highest BCUT2D eigenvalue weighted by molar-refractivity contribution is 6.31. The molecule has 2 nitrogen and oxygen atoms in total. The maximum Gasteiger partial charge on any atom is 0.0456 e. The Morgan fingerprint density at radius 1 is 1.32 bits per heavy atom. The monoisotopic (exact) mass is 280 g/mol. The molecule has 0 amide bonds. The highest BCUT2D eigenvalue weighted by Crippen LogP contribution is 2.34. The molecule has 1 N–H and O–H groups in total. The zero-order valence-corrected chi connectivity index (χ0v) is 12.8. The fourth-order valence-electron chi connectivity index (χ4n) is 2.97. The molecule has 1 saturated heterocycles. The number of aryl methyl sites for hydroxylation is 1. The zero-order valence-electron chi connectivity index (χ0n) is 12.1. The SMILES string of the molecule is CCCC[C@H](c1c(C)cccc1Cl)N1CCNCC1. The van der Waals surface area contributed by atoms with Crippen LogP contribution < -0.4 is 5.32 Å². The minimum atomic E-state index is 0.482. The molecule has 0 radical (unpaired) electrons. The topological polar surface area (TPSA) is 15.3 Å². The standard InChI is InChI=1S/C16H25ClN2/c1-3-4-8-15(19-11-9-18-10-12-19)16-13(2)6-5-7-14(16)17/h5-7,15,18H,3-4,8-12H2,1-2H3/t15-/m1/s1. The first kappa shape index (κ1) is 14.8. The summed E-state index contributed by atoms with van der Waals surface area (Å²) in [6.07, 6.45) is 3.71. The van der Waals surface area contributed by atoms with Crippen molar-refractivity contribution in [2.75, 3.05) is 26.2 Å². The second kappa shape index (κ2) is 7.28. The van der Waals surface area contributed by atoms with E-state index in [1.165, 1.54) is 30.4 Å². The van der Waals surface area contributed by atoms with Crippen LogP contribution in [0.25, 0.3) is 0 Å². The zero-order chi connectivity index (χ0) is 13.7. The minimum absolute atomic E-state index is 0.482. The molecule has 1 fully saturated rings. The van der Waals surface area contributed by atoms with Crippen LogP contribution >= 0.6 is 11.6 Å². The second-order valence-corrected chi connectivity index (χ2v) is 5.82. The van der Waals surface area contributed by atoms with E-state index in [9.17, 15) is 0 Å². The maximum atomic E-state index is 6.48. The first-order chi connectivity index (χ1) is 9.24. The van der Waals surface area contributed by atoms with E-state index in [1.807, 2.05) is 6.07 Å². The first-order valence-electron chi connectivity index (χ1n) is 7.43. The van der Waals surface area contributed by atoms with E-state index in [-0.39, 0.29) is 0 Å². The van der Waals surface area contributed by atoms with Crippen LogP contribution in [0.5, 0.6) is 0 Å². The average Bonchev–Trinajstić information content (AvgIpc) is 2.43. The Labute approximate surface area is 122 Å². The van der Waals surface area contributed by atoms with E-state index in [4.69, 9.17) is 11.6 Å². The van der Waals surface area contributed by atoms with Gasteiger partial charge in [0.25, 0.3) is 0 Å². The van der Waals surface area contributed by atoms with E-state index in [0.717, 1.165) is 31.2 Å². The lowest BCUT2D eigenvalue weighted by atomic mass is 9.95. The Hall–Kier alpha value is -0.570. The molecule has 1 atom stereocenters. The summed E-state index contributed by atoms with van der Waals surface area (Å²) < 4.78 is 0. The van der Waals surface area contributed by atoms with Crippen LogP contribution in [0, 0.1) is 6.92 Å². The van der Waals surface area contributed by atoms with Crippen LogP contribution in [0.4, 0.5) is 0 Å². The van der Waals surface area contributed by atoms with E-state index < -0.39 is 0 Å². The number of benzene rings is 1. The summed E-state index contributed by atoms with van der Waals surface area (Å²) in [5.41, 5.74) is 2.67. The van der Waals surface area contributed by atoms with Gasteiger partial charge in [-0.25, -0.2) is 0 Å². The van der Waals surface area contributed by atoms with Crippen LogP contribution in [0.3, 0.4) is 0 Å². The Morgan fingerprint density at radius 3 is 2.68 bits per heavy atom. The normalized spacial score (nSPS) is 18.5. The molecule has 1 heterocycles. The molecule has 3 heteroatoms. The summed E-state index contributed by atoms with van der Waals surface area (Å²) >= 11 is 6.48. The number of hydrogen-bond acceptors (Lipinski definition) is 2. The number of hydrogen-bond donors (Lipinski definition) is 1. The molecule has 2 rings (SSSR count). The fraction of sp³-hybridized carbons (Fsp3) is 0.625. The minimum Gasteiger partial charge on any atom is -0.314 e. The lowest BCUT2D eigenvalue weighted by Gasteiger charge is -2.36. The summed E-state index contributed by atoms with van der Waals surface area (Å²) in [5, 5.41) is 4.36. The number of unbranched alkanes of at least 4 members (excludes halogenated alkanes) is 1. The smallest absolute Gasteiger partial charge is 0.0456 e. The molecular formula is C16H25ClN2. The van der Waals surface area contributed by atoms with Crippen molar-refractivity contribution in [1.82, 2.24) is 10.2 Å². The molecule has 0 unspecified atom stereocenters. The van der Waals surface area contributed by atoms with Gasteiger partial charge < -0.3 is 5.32 Å². The molecule has 19 heavy (non-hydrogen) atoms. The van der Waals surface area contributed by atoms with Crippen molar-refractivity contribution in [3.8, 4) is 0 Å². The van der Waals surface area contributed by atoms with Gasteiger partial charge in [-0.05, 0) is 30.5 Å². The number of halogens is 1. The summed E-state index contributed by atoms with van der Waals surface area (Å²) in [7, 11) is 0. The molecule has 106 valence electrons. The Balaban J connectivity index is 2.25. The highest BCUT2D eigenvalue weighted by atomic mass is 35.5. The van der Waals surface area contributed by atoms with Crippen LogP contribution in [-0.4, -0.2) is 31.1 Å². The van der Waals surface area contributed by atoms with Crippen molar-refractivity contribution in [1.29, 1.82) is 0 Å². The lowest BCUT2D eigenvalue weighted by molar-refractivity contribution is 0.163. The predicted molar refractivity (Wildman–Crippen MR) is 82.9 cm³/mol. The Bertz CT molecular complexity index is 379. The maximum absolute atomic E-state index is 6.48. The summed E-state index contributed by atoms with van der Waals surface area (Å²) in [6, 6.07) is 6.75. The molecule has 0 spiro atoms. The van der Waals surface area contributed by atoms with Crippen molar-refractivity contribution in [2.45, 2.75) is 39.2 Å². The largest absolute Gasteiger partial charge is 0.314 e. The van der Waals surface area contributed by atoms with Crippen molar-refractivity contribution in [3.05, 3.63) is 34.3 Å². The van der Waals surface area contributed by atoms with E-state index in [0.29, 0.717) is 6.04 Å². The molecule has 1 aromatic rings. The number of piperazine rings is 1. The van der Waals surface area contributed by atoms with E-state index in [1.54, 1.807) is 0 Å².